The van der Waals surface area contributed by atoms with Crippen molar-refractivity contribution in [2.75, 3.05) is 38.1 Å². The normalized spacial score (nSPS) is 14.9. The van der Waals surface area contributed by atoms with Gasteiger partial charge in [0.15, 0.2) is 0 Å². The molecule has 0 aliphatic carbocycles. The number of hydrogen-bond acceptors (Lipinski definition) is 3. The molecule has 2 rings (SSSR count). The molecule has 0 bridgehead atoms. The van der Waals surface area contributed by atoms with Crippen LogP contribution in [0, 0.1) is 11.8 Å². The summed E-state index contributed by atoms with van der Waals surface area (Å²) in [5.74, 6) is 1.05. The average molecular weight is 376 g/mol. The van der Waals surface area contributed by atoms with E-state index in [9.17, 15) is 9.59 Å². The molecule has 27 heavy (non-hydrogen) atoms. The summed E-state index contributed by atoms with van der Waals surface area (Å²) in [7, 11) is 0. The van der Waals surface area contributed by atoms with Gasteiger partial charge in [-0.05, 0) is 44.7 Å². The fourth-order valence-corrected chi connectivity index (χ4v) is 3.21. The number of nitrogens with one attached hydrogen (secondary N) is 1. The van der Waals surface area contributed by atoms with Crippen molar-refractivity contribution in [2.24, 2.45) is 11.8 Å². The molecule has 1 aliphatic rings. The van der Waals surface area contributed by atoms with Gasteiger partial charge in [-0.25, -0.2) is 4.79 Å². The van der Waals surface area contributed by atoms with Crippen LogP contribution in [0.15, 0.2) is 24.3 Å². The maximum atomic E-state index is 12.7. The largest absolute Gasteiger partial charge is 0.491 e. The third kappa shape index (κ3) is 5.88. The Bertz CT molecular complexity index is 621. The number of ether oxygens (including phenoxy) is 1. The predicted octanol–water partition coefficient (Wildman–Crippen LogP) is 3.83. The van der Waals surface area contributed by atoms with Crippen LogP contribution in [0.3, 0.4) is 0 Å². The van der Waals surface area contributed by atoms with Crippen LogP contribution in [0.1, 0.15) is 40.5 Å². The van der Waals surface area contributed by atoms with Crippen molar-refractivity contribution in [1.29, 1.82) is 0 Å². The van der Waals surface area contributed by atoms with E-state index in [-0.39, 0.29) is 17.9 Å². The zero-order valence-electron chi connectivity index (χ0n) is 17.0. The fourth-order valence-electron chi connectivity index (χ4n) is 3.21. The molecule has 1 aromatic rings. The van der Waals surface area contributed by atoms with Crippen molar-refractivity contribution >= 4 is 17.6 Å². The lowest BCUT2D eigenvalue weighted by molar-refractivity contribution is -0.121. The lowest BCUT2D eigenvalue weighted by atomic mass is 9.96. The summed E-state index contributed by atoms with van der Waals surface area (Å²) in [5, 5.41) is 3.02. The number of amides is 3. The summed E-state index contributed by atoms with van der Waals surface area (Å²) in [6.07, 6.45) is 1.38. The number of carbonyl (C=O) groups excluding carboxylic acids is 2. The maximum Gasteiger partial charge on any atom is 0.319 e. The number of piperidine rings is 1. The van der Waals surface area contributed by atoms with Crippen LogP contribution in [-0.4, -0.2) is 54.5 Å². The van der Waals surface area contributed by atoms with Crippen molar-refractivity contribution in [2.45, 2.75) is 40.5 Å². The maximum absolute atomic E-state index is 12.7. The van der Waals surface area contributed by atoms with Gasteiger partial charge in [0.2, 0.25) is 5.91 Å². The molecule has 150 valence electrons. The Labute approximate surface area is 162 Å². The monoisotopic (exact) mass is 375 g/mol. The molecule has 0 spiro atoms. The minimum absolute atomic E-state index is 0.00513. The highest BCUT2D eigenvalue weighted by Gasteiger charge is 2.29. The molecule has 0 aromatic heterocycles. The van der Waals surface area contributed by atoms with E-state index in [0.29, 0.717) is 63.0 Å². The lowest BCUT2D eigenvalue weighted by Crippen LogP contribution is -2.47. The summed E-state index contributed by atoms with van der Waals surface area (Å²) in [6, 6.07) is 7.62. The molecule has 3 amide bonds. The molecule has 6 nitrogen and oxygen atoms in total. The summed E-state index contributed by atoms with van der Waals surface area (Å²) in [4.78, 5) is 28.8. The van der Waals surface area contributed by atoms with E-state index in [1.54, 1.807) is 0 Å². The molecule has 1 fully saturated rings. The second-order valence-electron chi connectivity index (χ2n) is 7.41. The molecule has 1 N–H and O–H groups in total. The first kappa shape index (κ1) is 21.1. The van der Waals surface area contributed by atoms with Crippen molar-refractivity contribution in [3.63, 3.8) is 0 Å². The SMILES string of the molecule is CCN(CC)C(=O)N1CCC(C(=O)Nc2ccccc2OCC(C)C)CC1. The van der Waals surface area contributed by atoms with Crippen LogP contribution in [-0.2, 0) is 4.79 Å². The third-order valence-electron chi connectivity index (χ3n) is 4.89. The number of hydrogen-bond donors (Lipinski definition) is 1. The number of anilines is 1. The van der Waals surface area contributed by atoms with Gasteiger partial charge in [0.25, 0.3) is 0 Å². The molecule has 1 heterocycles. The number of urea groups is 1. The summed E-state index contributed by atoms with van der Waals surface area (Å²) >= 11 is 0. The van der Waals surface area contributed by atoms with Gasteiger partial charge in [0, 0.05) is 32.1 Å². The molecule has 0 unspecified atom stereocenters. The zero-order valence-corrected chi connectivity index (χ0v) is 17.0. The number of rotatable bonds is 7. The molecular formula is C21H33N3O3. The van der Waals surface area contributed by atoms with Gasteiger partial charge >= 0.3 is 6.03 Å². The first-order valence-corrected chi connectivity index (χ1v) is 10.0. The van der Waals surface area contributed by atoms with E-state index in [0.717, 1.165) is 0 Å². The lowest BCUT2D eigenvalue weighted by Gasteiger charge is -2.34. The second-order valence-corrected chi connectivity index (χ2v) is 7.41. The summed E-state index contributed by atoms with van der Waals surface area (Å²) in [5.41, 5.74) is 0.713. The van der Waals surface area contributed by atoms with E-state index >= 15 is 0 Å². The molecule has 6 heteroatoms. The Balaban J connectivity index is 1.91. The zero-order chi connectivity index (χ0) is 19.8. The Morgan fingerprint density at radius 3 is 2.41 bits per heavy atom. The quantitative estimate of drug-likeness (QED) is 0.788. The van der Waals surface area contributed by atoms with Crippen molar-refractivity contribution in [3.8, 4) is 5.75 Å². The first-order chi connectivity index (χ1) is 13.0. The van der Waals surface area contributed by atoms with Crippen molar-refractivity contribution < 1.29 is 14.3 Å². The van der Waals surface area contributed by atoms with Crippen LogP contribution in [0.25, 0.3) is 0 Å². The minimum Gasteiger partial charge on any atom is -0.491 e. The van der Waals surface area contributed by atoms with Crippen LogP contribution < -0.4 is 10.1 Å². The molecule has 1 saturated heterocycles. The predicted molar refractivity (Wildman–Crippen MR) is 108 cm³/mol. The van der Waals surface area contributed by atoms with E-state index in [1.807, 2.05) is 47.9 Å². The number of carbonyl (C=O) groups is 2. The number of benzene rings is 1. The Morgan fingerprint density at radius 2 is 1.81 bits per heavy atom. The van der Waals surface area contributed by atoms with Crippen LogP contribution in [0.4, 0.5) is 10.5 Å². The minimum atomic E-state index is -0.0797. The average Bonchev–Trinajstić information content (AvgIpc) is 2.68. The van der Waals surface area contributed by atoms with E-state index in [4.69, 9.17) is 4.74 Å². The highest BCUT2D eigenvalue weighted by Crippen LogP contribution is 2.27. The van der Waals surface area contributed by atoms with E-state index < -0.39 is 0 Å². The van der Waals surface area contributed by atoms with Gasteiger partial charge in [-0.3, -0.25) is 4.79 Å². The van der Waals surface area contributed by atoms with Gasteiger partial charge < -0.3 is 19.9 Å². The molecule has 1 aromatic carbocycles. The highest BCUT2D eigenvalue weighted by atomic mass is 16.5. The van der Waals surface area contributed by atoms with Gasteiger partial charge in [-0.2, -0.15) is 0 Å². The number of likely N-dealkylation sites (tertiary alicyclic amines) is 1. The Hall–Kier alpha value is -2.24. The number of nitrogens with zero attached hydrogens (tertiary/aromatic N) is 2. The van der Waals surface area contributed by atoms with Gasteiger partial charge in [-0.1, -0.05) is 26.0 Å². The molecule has 0 saturated carbocycles. The summed E-state index contributed by atoms with van der Waals surface area (Å²) in [6.45, 7) is 11.4. The van der Waals surface area contributed by atoms with Crippen molar-refractivity contribution in [3.05, 3.63) is 24.3 Å². The van der Waals surface area contributed by atoms with Crippen molar-refractivity contribution in [1.82, 2.24) is 9.80 Å². The molecule has 0 radical (unpaired) electrons. The smallest absolute Gasteiger partial charge is 0.319 e. The van der Waals surface area contributed by atoms with Gasteiger partial charge in [0.1, 0.15) is 5.75 Å². The molecule has 1 aliphatic heterocycles. The third-order valence-corrected chi connectivity index (χ3v) is 4.89. The molecular weight excluding hydrogens is 342 g/mol. The molecule has 0 atom stereocenters. The van der Waals surface area contributed by atoms with E-state index in [2.05, 4.69) is 19.2 Å². The Kier molecular flexibility index (Phi) is 7.95. The fraction of sp³-hybridized carbons (Fsp3) is 0.619. The van der Waals surface area contributed by atoms with Crippen LogP contribution >= 0.6 is 0 Å². The highest BCUT2D eigenvalue weighted by molar-refractivity contribution is 5.94. The van der Waals surface area contributed by atoms with Gasteiger partial charge in [-0.15, -0.1) is 0 Å². The summed E-state index contributed by atoms with van der Waals surface area (Å²) < 4.78 is 5.81. The topological polar surface area (TPSA) is 61.9 Å². The second kappa shape index (κ2) is 10.2. The van der Waals surface area contributed by atoms with Crippen LogP contribution in [0.2, 0.25) is 0 Å². The number of para-hydroxylation sites is 2. The van der Waals surface area contributed by atoms with Crippen LogP contribution in [0.5, 0.6) is 5.75 Å². The Morgan fingerprint density at radius 1 is 1.19 bits per heavy atom. The first-order valence-electron chi connectivity index (χ1n) is 10.0. The van der Waals surface area contributed by atoms with E-state index in [1.165, 1.54) is 0 Å². The standard InChI is InChI=1S/C21H33N3O3/c1-5-23(6-2)21(26)24-13-11-17(12-14-24)20(25)22-18-9-7-8-10-19(18)27-15-16(3)4/h7-10,16-17H,5-6,11-15H2,1-4H3,(H,22,25). The van der Waals surface area contributed by atoms with Gasteiger partial charge in [0.05, 0.1) is 12.3 Å².